The number of nitrogens with two attached hydrogens (primary N) is 1. The van der Waals surface area contributed by atoms with E-state index in [0.29, 0.717) is 44.2 Å². The van der Waals surface area contributed by atoms with Gasteiger partial charge in [-0.05, 0) is 54.6 Å². The summed E-state index contributed by atoms with van der Waals surface area (Å²) in [6, 6.07) is 13.5. The second kappa shape index (κ2) is 11.3. The number of carboxylic acids is 1. The van der Waals surface area contributed by atoms with Crippen LogP contribution in [0.3, 0.4) is 0 Å². The Morgan fingerprint density at radius 3 is 2.29 bits per heavy atom. The molecule has 4 N–H and O–H groups in total. The Bertz CT molecular complexity index is 1710. The first-order chi connectivity index (χ1) is 19.7. The summed E-state index contributed by atoms with van der Waals surface area (Å²) in [4.78, 5) is 28.6. The highest BCUT2D eigenvalue weighted by Gasteiger charge is 2.24. The van der Waals surface area contributed by atoms with E-state index in [-0.39, 0.29) is 28.0 Å². The highest BCUT2D eigenvalue weighted by atomic mass is 19.1. The zero-order valence-corrected chi connectivity index (χ0v) is 22.1. The van der Waals surface area contributed by atoms with Crippen molar-refractivity contribution in [3.05, 3.63) is 93.8 Å². The number of nitrogen functional groups attached to an aromatic ring is 1. The number of fused-ring (bicyclic) bond motifs is 1. The number of hydrogen-bond acceptors (Lipinski definition) is 8. The molecule has 0 saturated carbocycles. The van der Waals surface area contributed by atoms with Gasteiger partial charge in [-0.25, -0.2) is 13.6 Å². The van der Waals surface area contributed by atoms with Gasteiger partial charge in [0.2, 0.25) is 5.43 Å². The Morgan fingerprint density at radius 1 is 1.00 bits per heavy atom. The third kappa shape index (κ3) is 5.41. The monoisotopic (exact) mass is 563 g/mol. The molecule has 41 heavy (non-hydrogen) atoms. The van der Waals surface area contributed by atoms with Gasteiger partial charge in [0.15, 0.2) is 0 Å². The number of anilines is 2. The first-order valence-electron chi connectivity index (χ1n) is 12.7. The van der Waals surface area contributed by atoms with Crippen molar-refractivity contribution in [3.63, 3.8) is 0 Å². The average Bonchev–Trinajstić information content (AvgIpc) is 2.97. The van der Waals surface area contributed by atoms with Crippen LogP contribution < -0.4 is 20.8 Å². The van der Waals surface area contributed by atoms with Crippen LogP contribution in [0, 0.1) is 11.6 Å². The Labute approximate surface area is 233 Å². The summed E-state index contributed by atoms with van der Waals surface area (Å²) in [7, 11) is 1.57. The third-order valence-corrected chi connectivity index (χ3v) is 7.16. The van der Waals surface area contributed by atoms with E-state index in [0.717, 1.165) is 23.9 Å². The number of aromatic nitrogens is 1. The molecule has 2 heterocycles. The number of aromatic carboxylic acids is 1. The van der Waals surface area contributed by atoms with Crippen LogP contribution in [0.4, 0.5) is 20.2 Å². The van der Waals surface area contributed by atoms with Gasteiger partial charge < -0.3 is 30.3 Å². The minimum atomic E-state index is -1.51. The van der Waals surface area contributed by atoms with E-state index in [2.05, 4.69) is 10.1 Å². The molecule has 3 aromatic carbocycles. The summed E-state index contributed by atoms with van der Waals surface area (Å²) in [5.74, 6) is -2.27. The number of halogens is 2. The van der Waals surface area contributed by atoms with Crippen molar-refractivity contribution in [3.8, 4) is 11.4 Å². The number of methoxy groups -OCH3 is 1. The highest BCUT2D eigenvalue weighted by Crippen LogP contribution is 2.29. The van der Waals surface area contributed by atoms with E-state index in [1.807, 2.05) is 0 Å². The molecule has 12 heteroatoms. The Kier molecular flexibility index (Phi) is 7.58. The van der Waals surface area contributed by atoms with E-state index in [1.54, 1.807) is 36.3 Å². The normalized spacial score (nSPS) is 14.4. The summed E-state index contributed by atoms with van der Waals surface area (Å²) in [6.45, 7) is 2.23. The zero-order valence-electron chi connectivity index (χ0n) is 22.1. The average molecular weight is 564 g/mol. The molecule has 0 unspecified atom stereocenters. The van der Waals surface area contributed by atoms with Crippen LogP contribution in [0.1, 0.15) is 15.9 Å². The van der Waals surface area contributed by atoms with Crippen molar-refractivity contribution in [1.29, 1.82) is 0 Å². The second-order valence-corrected chi connectivity index (χ2v) is 9.62. The van der Waals surface area contributed by atoms with Gasteiger partial charge in [0.1, 0.15) is 28.7 Å². The molecule has 10 nitrogen and oxygen atoms in total. The Hall–Kier alpha value is -4.97. The van der Waals surface area contributed by atoms with Gasteiger partial charge in [-0.15, -0.1) is 0 Å². The minimum absolute atomic E-state index is 0.0385. The molecule has 1 aliphatic rings. The third-order valence-electron chi connectivity index (χ3n) is 7.16. The molecular formula is C29H27F2N5O5. The van der Waals surface area contributed by atoms with Gasteiger partial charge in [-0.1, -0.05) is 5.16 Å². The van der Waals surface area contributed by atoms with E-state index in [4.69, 9.17) is 10.5 Å². The fourth-order valence-corrected chi connectivity index (χ4v) is 4.97. The van der Waals surface area contributed by atoms with Crippen LogP contribution in [0.15, 0.2) is 70.7 Å². The number of rotatable bonds is 7. The summed E-state index contributed by atoms with van der Waals surface area (Å²) in [5, 5.41) is 22.5. The topological polar surface area (TPSA) is 134 Å². The quantitative estimate of drug-likeness (QED) is 0.135. The van der Waals surface area contributed by atoms with Crippen molar-refractivity contribution in [2.45, 2.75) is 0 Å². The van der Waals surface area contributed by atoms with Crippen molar-refractivity contribution < 1.29 is 28.6 Å². The van der Waals surface area contributed by atoms with Crippen molar-refractivity contribution in [2.75, 3.05) is 50.5 Å². The molecule has 0 bridgehead atoms. The maximum Gasteiger partial charge on any atom is 0.341 e. The molecule has 212 valence electrons. The molecule has 5 rings (SSSR count). The summed E-state index contributed by atoms with van der Waals surface area (Å²) >= 11 is 0. The zero-order chi connectivity index (χ0) is 29.3. The van der Waals surface area contributed by atoms with Crippen LogP contribution >= 0.6 is 0 Å². The maximum absolute atomic E-state index is 15.4. The molecule has 0 atom stereocenters. The SMILES string of the molecule is COc1ccc(/C(CN2CCN(c3cc4c(cc3F)c(=O)c(C(=O)O)cn4-c3ccc(N)cc3F)CC2)=N/O)cc1. The number of ether oxygens (including phenoxy) is 1. The van der Waals surface area contributed by atoms with Crippen LogP contribution in [0.2, 0.25) is 0 Å². The maximum atomic E-state index is 15.4. The second-order valence-electron chi connectivity index (χ2n) is 9.62. The molecule has 1 fully saturated rings. The molecule has 0 amide bonds. The molecule has 1 saturated heterocycles. The standard InChI is InChI=1S/C29H27F2N5O5/c1-41-19-5-2-17(3-6-19)24(33-40)16-34-8-10-35(11-9-34)27-14-26-20(13-23(27)31)28(37)21(29(38)39)15-36(26)25-7-4-18(32)12-22(25)30/h2-7,12-15,40H,8-11,16,32H2,1H3,(H,38,39)/b33-24+. The molecular weight excluding hydrogens is 536 g/mol. The molecule has 0 spiro atoms. The van der Waals surface area contributed by atoms with Gasteiger partial charge in [-0.2, -0.15) is 0 Å². The molecule has 1 aliphatic heterocycles. The van der Waals surface area contributed by atoms with Gasteiger partial charge in [0, 0.05) is 55.6 Å². The van der Waals surface area contributed by atoms with Crippen LogP contribution in [0.25, 0.3) is 16.6 Å². The number of nitrogens with zero attached hydrogens (tertiary/aromatic N) is 4. The number of benzene rings is 3. The van der Waals surface area contributed by atoms with E-state index in [9.17, 15) is 24.3 Å². The highest BCUT2D eigenvalue weighted by molar-refractivity contribution is 6.01. The van der Waals surface area contributed by atoms with Crippen LogP contribution in [-0.2, 0) is 0 Å². The number of piperazine rings is 1. The van der Waals surface area contributed by atoms with E-state index < -0.39 is 28.6 Å². The minimum Gasteiger partial charge on any atom is -0.497 e. The molecule has 0 aliphatic carbocycles. The lowest BCUT2D eigenvalue weighted by Gasteiger charge is -2.36. The van der Waals surface area contributed by atoms with Gasteiger partial charge in [-0.3, -0.25) is 9.69 Å². The van der Waals surface area contributed by atoms with Crippen molar-refractivity contribution in [1.82, 2.24) is 9.47 Å². The largest absolute Gasteiger partial charge is 0.497 e. The number of oxime groups is 1. The van der Waals surface area contributed by atoms with Crippen LogP contribution in [-0.4, -0.2) is 71.3 Å². The van der Waals surface area contributed by atoms with Gasteiger partial charge >= 0.3 is 5.97 Å². The smallest absolute Gasteiger partial charge is 0.341 e. The van der Waals surface area contributed by atoms with Crippen molar-refractivity contribution >= 4 is 34.0 Å². The number of carboxylic acid groups (broad SMARTS) is 1. The number of carbonyl (C=O) groups is 1. The predicted octanol–water partition coefficient (Wildman–Crippen LogP) is 3.56. The van der Waals surface area contributed by atoms with Crippen LogP contribution in [0.5, 0.6) is 5.75 Å². The molecule has 1 aromatic heterocycles. The Balaban J connectivity index is 1.45. The lowest BCUT2D eigenvalue weighted by atomic mass is 10.1. The first-order valence-corrected chi connectivity index (χ1v) is 12.7. The fourth-order valence-electron chi connectivity index (χ4n) is 4.97. The molecule has 0 radical (unpaired) electrons. The van der Waals surface area contributed by atoms with Crippen molar-refractivity contribution in [2.24, 2.45) is 5.16 Å². The van der Waals surface area contributed by atoms with Gasteiger partial charge in [0.25, 0.3) is 0 Å². The summed E-state index contributed by atoms with van der Waals surface area (Å²) < 4.78 is 36.7. The Morgan fingerprint density at radius 2 is 1.68 bits per heavy atom. The number of pyridine rings is 1. The molecule has 4 aromatic rings. The number of hydrogen-bond donors (Lipinski definition) is 3. The van der Waals surface area contributed by atoms with E-state index in [1.165, 1.54) is 22.8 Å². The van der Waals surface area contributed by atoms with Gasteiger partial charge in [0.05, 0.1) is 24.0 Å². The first kappa shape index (κ1) is 27.6. The van der Waals surface area contributed by atoms with E-state index >= 15 is 4.39 Å². The summed E-state index contributed by atoms with van der Waals surface area (Å²) in [6.07, 6.45) is 1.04. The lowest BCUT2D eigenvalue weighted by Crippen LogP contribution is -2.48. The lowest BCUT2D eigenvalue weighted by molar-refractivity contribution is 0.0695. The summed E-state index contributed by atoms with van der Waals surface area (Å²) in [5.41, 5.74) is 5.87. The predicted molar refractivity (Wildman–Crippen MR) is 151 cm³/mol. The fraction of sp³-hybridized carbons (Fsp3) is 0.207.